The molecule has 0 spiro atoms. The second-order valence-corrected chi connectivity index (χ2v) is 8.67. The number of carbonyl (C=O) groups is 2. The molecule has 0 saturated carbocycles. The summed E-state index contributed by atoms with van der Waals surface area (Å²) in [6.45, 7) is 4.89. The maximum Gasteiger partial charge on any atom is 0.256 e. The van der Waals surface area contributed by atoms with Crippen LogP contribution < -0.4 is 20.1 Å². The smallest absolute Gasteiger partial charge is 0.256 e. The molecule has 0 aliphatic carbocycles. The molecule has 2 N–H and O–H groups in total. The molecular weight excluding hydrogens is 482 g/mol. The molecule has 0 unspecified atom stereocenters. The molecule has 4 rings (SSSR count). The van der Waals surface area contributed by atoms with Gasteiger partial charge in [0.15, 0.2) is 0 Å². The first-order valence-electron chi connectivity index (χ1n) is 12.1. The molecule has 0 bridgehead atoms. The Morgan fingerprint density at radius 3 is 2.50 bits per heavy atom. The van der Waals surface area contributed by atoms with E-state index in [0.29, 0.717) is 51.8 Å². The van der Waals surface area contributed by atoms with E-state index < -0.39 is 0 Å². The van der Waals surface area contributed by atoms with Crippen LogP contribution in [0.1, 0.15) is 16.8 Å². The summed E-state index contributed by atoms with van der Waals surface area (Å²) < 4.78 is 12.1. The number of amides is 2. The zero-order valence-corrected chi connectivity index (χ0v) is 21.3. The lowest BCUT2D eigenvalue weighted by Gasteiger charge is -2.16. The average Bonchev–Trinajstić information content (AvgIpc) is 2.92. The normalized spacial score (nSPS) is 10.7. The van der Waals surface area contributed by atoms with Gasteiger partial charge >= 0.3 is 0 Å². The van der Waals surface area contributed by atoms with Gasteiger partial charge in [0.05, 0.1) is 17.8 Å². The Kier molecular flexibility index (Phi) is 8.63. The summed E-state index contributed by atoms with van der Waals surface area (Å²) in [7, 11) is 4.00. The number of pyridine rings is 2. The van der Waals surface area contributed by atoms with Crippen molar-refractivity contribution in [3.05, 3.63) is 91.3 Å². The lowest BCUT2D eigenvalue weighted by Crippen LogP contribution is -2.16. The summed E-state index contributed by atoms with van der Waals surface area (Å²) in [4.78, 5) is 35.2. The third kappa shape index (κ3) is 6.92. The van der Waals surface area contributed by atoms with Gasteiger partial charge in [0, 0.05) is 36.0 Å². The SMILES string of the molecule is C=CC(=O)Nc1cc2c(Oc3ccc(C(=O)Nc4ccccn4)cc3)ccnc2cc1OCCCN(C)C. The molecule has 4 aromatic rings. The van der Waals surface area contributed by atoms with E-state index in [-0.39, 0.29) is 11.8 Å². The average molecular weight is 512 g/mol. The first kappa shape index (κ1) is 26.3. The van der Waals surface area contributed by atoms with E-state index >= 15 is 0 Å². The zero-order chi connectivity index (χ0) is 26.9. The third-order valence-corrected chi connectivity index (χ3v) is 5.50. The van der Waals surface area contributed by atoms with Gasteiger partial charge < -0.3 is 25.0 Å². The highest BCUT2D eigenvalue weighted by Crippen LogP contribution is 2.36. The quantitative estimate of drug-likeness (QED) is 0.212. The molecule has 0 saturated heterocycles. The summed E-state index contributed by atoms with van der Waals surface area (Å²) in [5.41, 5.74) is 1.60. The number of benzene rings is 2. The summed E-state index contributed by atoms with van der Waals surface area (Å²) in [6.07, 6.45) is 5.28. The fourth-order valence-corrected chi connectivity index (χ4v) is 3.63. The molecule has 0 aliphatic rings. The Bertz CT molecular complexity index is 1420. The highest BCUT2D eigenvalue weighted by atomic mass is 16.5. The van der Waals surface area contributed by atoms with E-state index in [1.54, 1.807) is 73.1 Å². The predicted octanol–water partition coefficient (Wildman–Crippen LogP) is 5.13. The van der Waals surface area contributed by atoms with Crippen LogP contribution in [0.25, 0.3) is 10.9 Å². The molecular formula is C29H29N5O4. The van der Waals surface area contributed by atoms with Crippen molar-refractivity contribution in [3.63, 3.8) is 0 Å². The standard InChI is InChI=1S/C29H29N5O4/c1-4-28(35)32-24-18-22-23(19-26(24)37-17-7-16-34(2)3)30-15-13-25(22)38-21-11-9-20(10-12-21)29(36)33-27-8-5-6-14-31-27/h4-6,8-15,18-19H,1,7,16-17H2,2-3H3,(H,32,35)(H,31,33,36). The van der Waals surface area contributed by atoms with Crippen LogP contribution in [0.3, 0.4) is 0 Å². The van der Waals surface area contributed by atoms with Crippen LogP contribution in [0.5, 0.6) is 17.2 Å². The molecule has 0 aliphatic heterocycles. The number of hydrogen-bond acceptors (Lipinski definition) is 7. The molecule has 0 fully saturated rings. The van der Waals surface area contributed by atoms with E-state index in [0.717, 1.165) is 13.0 Å². The number of nitrogens with zero attached hydrogens (tertiary/aromatic N) is 3. The van der Waals surface area contributed by atoms with Crippen LogP contribution >= 0.6 is 0 Å². The van der Waals surface area contributed by atoms with Crippen molar-refractivity contribution < 1.29 is 19.1 Å². The van der Waals surface area contributed by atoms with Crippen molar-refractivity contribution in [1.82, 2.24) is 14.9 Å². The second kappa shape index (κ2) is 12.5. The van der Waals surface area contributed by atoms with Crippen LogP contribution in [-0.2, 0) is 4.79 Å². The largest absolute Gasteiger partial charge is 0.491 e. The number of anilines is 2. The van der Waals surface area contributed by atoms with E-state index in [2.05, 4.69) is 32.1 Å². The number of carbonyl (C=O) groups excluding carboxylic acids is 2. The van der Waals surface area contributed by atoms with Gasteiger partial charge in [-0.15, -0.1) is 0 Å². The Balaban J connectivity index is 1.55. The summed E-state index contributed by atoms with van der Waals surface area (Å²) in [5, 5.41) is 6.24. The van der Waals surface area contributed by atoms with Crippen molar-refractivity contribution in [2.75, 3.05) is 37.9 Å². The van der Waals surface area contributed by atoms with Crippen LogP contribution in [0.2, 0.25) is 0 Å². The minimum atomic E-state index is -0.353. The number of ether oxygens (including phenoxy) is 2. The van der Waals surface area contributed by atoms with Crippen LogP contribution in [-0.4, -0.2) is 53.9 Å². The molecule has 0 radical (unpaired) electrons. The van der Waals surface area contributed by atoms with Gasteiger partial charge in [0.1, 0.15) is 23.1 Å². The molecule has 9 nitrogen and oxygen atoms in total. The summed E-state index contributed by atoms with van der Waals surface area (Å²) >= 11 is 0. The lowest BCUT2D eigenvalue weighted by atomic mass is 10.1. The number of nitrogens with one attached hydrogen (secondary N) is 2. The van der Waals surface area contributed by atoms with Crippen molar-refractivity contribution in [2.45, 2.75) is 6.42 Å². The van der Waals surface area contributed by atoms with Gasteiger partial charge in [-0.25, -0.2) is 4.98 Å². The predicted molar refractivity (Wildman–Crippen MR) is 148 cm³/mol. The van der Waals surface area contributed by atoms with Crippen molar-refractivity contribution >= 4 is 34.2 Å². The summed E-state index contributed by atoms with van der Waals surface area (Å²) in [6, 6.07) is 17.4. The highest BCUT2D eigenvalue weighted by molar-refractivity contribution is 6.04. The van der Waals surface area contributed by atoms with E-state index in [9.17, 15) is 9.59 Å². The molecule has 38 heavy (non-hydrogen) atoms. The van der Waals surface area contributed by atoms with Gasteiger partial charge in [-0.1, -0.05) is 12.6 Å². The lowest BCUT2D eigenvalue weighted by molar-refractivity contribution is -0.111. The molecule has 2 aromatic heterocycles. The Morgan fingerprint density at radius 1 is 0.974 bits per heavy atom. The Labute approximate surface area is 221 Å². The molecule has 194 valence electrons. The second-order valence-electron chi connectivity index (χ2n) is 8.67. The topological polar surface area (TPSA) is 106 Å². The van der Waals surface area contributed by atoms with Crippen molar-refractivity contribution in [3.8, 4) is 17.2 Å². The fourth-order valence-electron chi connectivity index (χ4n) is 3.63. The van der Waals surface area contributed by atoms with Gasteiger partial charge in [-0.3, -0.25) is 14.6 Å². The first-order chi connectivity index (χ1) is 18.4. The van der Waals surface area contributed by atoms with Crippen molar-refractivity contribution in [2.24, 2.45) is 0 Å². The third-order valence-electron chi connectivity index (χ3n) is 5.50. The van der Waals surface area contributed by atoms with E-state index in [4.69, 9.17) is 9.47 Å². The van der Waals surface area contributed by atoms with E-state index in [1.807, 2.05) is 14.1 Å². The molecule has 0 atom stereocenters. The Hall–Kier alpha value is -4.76. The maximum absolute atomic E-state index is 12.5. The van der Waals surface area contributed by atoms with Crippen molar-refractivity contribution in [1.29, 1.82) is 0 Å². The summed E-state index contributed by atoms with van der Waals surface area (Å²) in [5.74, 6) is 1.43. The number of aromatic nitrogens is 2. The number of hydrogen-bond donors (Lipinski definition) is 2. The maximum atomic E-state index is 12.5. The van der Waals surface area contributed by atoms with E-state index in [1.165, 1.54) is 6.08 Å². The fraction of sp³-hybridized carbons (Fsp3) is 0.172. The monoisotopic (exact) mass is 511 g/mol. The van der Waals surface area contributed by atoms with Crippen LogP contribution in [0.4, 0.5) is 11.5 Å². The van der Waals surface area contributed by atoms with Gasteiger partial charge in [-0.05, 0) is 75.1 Å². The molecule has 9 heteroatoms. The minimum Gasteiger partial charge on any atom is -0.491 e. The minimum absolute atomic E-state index is 0.273. The van der Waals surface area contributed by atoms with Gasteiger partial charge in [0.2, 0.25) is 5.91 Å². The highest BCUT2D eigenvalue weighted by Gasteiger charge is 2.14. The zero-order valence-electron chi connectivity index (χ0n) is 21.3. The number of rotatable bonds is 11. The van der Waals surface area contributed by atoms with Crippen LogP contribution in [0.15, 0.2) is 85.7 Å². The first-order valence-corrected chi connectivity index (χ1v) is 12.1. The molecule has 2 amide bonds. The number of fused-ring (bicyclic) bond motifs is 1. The van der Waals surface area contributed by atoms with Crippen LogP contribution in [0, 0.1) is 0 Å². The Morgan fingerprint density at radius 2 is 1.79 bits per heavy atom. The van der Waals surface area contributed by atoms with Gasteiger partial charge in [0.25, 0.3) is 5.91 Å². The molecule has 2 heterocycles. The molecule has 2 aromatic carbocycles. The van der Waals surface area contributed by atoms with Gasteiger partial charge in [-0.2, -0.15) is 0 Å².